The number of fused-ring (bicyclic) bond motifs is 1. The molecule has 49 heavy (non-hydrogen) atoms. The Balaban J connectivity index is 1.47. The molecule has 4 N–H and O–H groups in total. The molecule has 0 radical (unpaired) electrons. The van der Waals surface area contributed by atoms with Gasteiger partial charge in [0.15, 0.2) is 5.79 Å². The number of unbranched alkanes of at least 4 members (excludes halogenated alkanes) is 4. The van der Waals surface area contributed by atoms with Crippen LogP contribution in [0.1, 0.15) is 99.5 Å². The van der Waals surface area contributed by atoms with Gasteiger partial charge in [-0.05, 0) is 54.7 Å². The number of para-hydroxylation sites is 1. The lowest BCUT2D eigenvalue weighted by Gasteiger charge is -2.31. The highest BCUT2D eigenvalue weighted by molar-refractivity contribution is 5.94. The molecule has 1 fully saturated rings. The number of aromatic hydroxyl groups is 1. The normalized spacial score (nSPS) is 19.7. The van der Waals surface area contributed by atoms with Crippen molar-refractivity contribution in [1.82, 2.24) is 10.6 Å². The Labute approximate surface area is 289 Å². The summed E-state index contributed by atoms with van der Waals surface area (Å²) in [7, 11) is 0. The highest BCUT2D eigenvalue weighted by Gasteiger charge is 2.52. The number of allylic oxidation sites excluding steroid dienone is 1. The van der Waals surface area contributed by atoms with E-state index in [-0.39, 0.29) is 50.1 Å². The van der Waals surface area contributed by atoms with Crippen LogP contribution in [0.3, 0.4) is 0 Å². The number of hydrogen-bond donors (Lipinski definition) is 4. The summed E-state index contributed by atoms with van der Waals surface area (Å²) in [6, 6.07) is 14.3. The zero-order valence-electron chi connectivity index (χ0n) is 28.8. The first kappa shape index (κ1) is 37.8. The fourth-order valence-electron chi connectivity index (χ4n) is 6.23. The molecule has 1 aliphatic carbocycles. The minimum absolute atomic E-state index is 0.0704. The van der Waals surface area contributed by atoms with Crippen LogP contribution in [0, 0.1) is 0 Å². The Morgan fingerprint density at radius 1 is 0.939 bits per heavy atom. The predicted molar refractivity (Wildman–Crippen MR) is 188 cm³/mol. The Bertz CT molecular complexity index is 1430. The van der Waals surface area contributed by atoms with E-state index in [4.69, 9.17) is 19.3 Å². The van der Waals surface area contributed by atoms with Gasteiger partial charge in [-0.2, -0.15) is 0 Å². The van der Waals surface area contributed by atoms with E-state index >= 15 is 0 Å². The molecule has 2 aromatic carbocycles. The molecule has 1 saturated heterocycles. The summed E-state index contributed by atoms with van der Waals surface area (Å²) in [5, 5.41) is 24.3. The third-order valence-electron chi connectivity index (χ3n) is 8.91. The van der Waals surface area contributed by atoms with E-state index < -0.39 is 30.1 Å². The first-order valence-corrected chi connectivity index (χ1v) is 17.7. The summed E-state index contributed by atoms with van der Waals surface area (Å²) >= 11 is 0. The number of rotatable bonds is 19. The third kappa shape index (κ3) is 11.3. The van der Waals surface area contributed by atoms with Crippen molar-refractivity contribution in [1.29, 1.82) is 0 Å². The first-order chi connectivity index (χ1) is 23.8. The molecule has 0 unspecified atom stereocenters. The predicted octanol–water partition coefficient (Wildman–Crippen LogP) is 5.76. The topological polar surface area (TPSA) is 143 Å². The summed E-state index contributed by atoms with van der Waals surface area (Å²) in [6.45, 7) is 4.42. The minimum atomic E-state index is -0.817. The summed E-state index contributed by atoms with van der Waals surface area (Å²) in [4.78, 5) is 38.7. The molecule has 0 aromatic heterocycles. The van der Waals surface area contributed by atoms with Crippen LogP contribution in [0.25, 0.3) is 6.08 Å². The molecule has 1 aliphatic heterocycles. The molecule has 0 bridgehead atoms. The molecule has 10 heteroatoms. The van der Waals surface area contributed by atoms with E-state index in [2.05, 4.69) is 24.5 Å². The summed E-state index contributed by atoms with van der Waals surface area (Å²) in [5.41, 5.74) is 2.52. The number of esters is 1. The molecule has 3 atom stereocenters. The van der Waals surface area contributed by atoms with Gasteiger partial charge in [-0.1, -0.05) is 82.0 Å². The SMILES string of the molecule is CCCCCC1(CCCCC)O[C@@H]2[C@@H](C=C(C(=O)NCCC(=O)NCCO)C[C@H]2OC(=O)c2ccc(C=CCc3ccccc3O)cc2)O1. The monoisotopic (exact) mass is 676 g/mol. The molecule has 266 valence electrons. The average Bonchev–Trinajstić information content (AvgIpc) is 3.47. The van der Waals surface area contributed by atoms with Crippen LogP contribution in [0.15, 0.2) is 66.3 Å². The van der Waals surface area contributed by atoms with Gasteiger partial charge in [0, 0.05) is 44.3 Å². The van der Waals surface area contributed by atoms with Gasteiger partial charge in [0.05, 0.1) is 12.2 Å². The van der Waals surface area contributed by atoms with E-state index in [9.17, 15) is 19.5 Å². The maximum absolute atomic E-state index is 13.5. The number of benzene rings is 2. The molecule has 0 saturated carbocycles. The van der Waals surface area contributed by atoms with Gasteiger partial charge in [-0.15, -0.1) is 0 Å². The Hall–Kier alpha value is -3.99. The lowest BCUT2D eigenvalue weighted by Crippen LogP contribution is -2.44. The summed E-state index contributed by atoms with van der Waals surface area (Å²) in [6.07, 6.45) is 12.1. The van der Waals surface area contributed by atoms with Crippen molar-refractivity contribution in [3.05, 3.63) is 82.9 Å². The third-order valence-corrected chi connectivity index (χ3v) is 8.91. The second kappa shape index (κ2) is 19.3. The van der Waals surface area contributed by atoms with Crippen molar-refractivity contribution in [2.75, 3.05) is 19.7 Å². The maximum atomic E-state index is 13.5. The molecular formula is C39H52N2O8. The van der Waals surface area contributed by atoms with Gasteiger partial charge in [0.25, 0.3) is 0 Å². The summed E-state index contributed by atoms with van der Waals surface area (Å²) < 4.78 is 19.4. The summed E-state index contributed by atoms with van der Waals surface area (Å²) in [5.74, 6) is -1.71. The Morgan fingerprint density at radius 2 is 1.65 bits per heavy atom. The van der Waals surface area contributed by atoms with Crippen LogP contribution in [-0.2, 0) is 30.2 Å². The molecule has 4 rings (SSSR count). The highest BCUT2D eigenvalue weighted by atomic mass is 16.8. The van der Waals surface area contributed by atoms with Crippen molar-refractivity contribution in [3.63, 3.8) is 0 Å². The van der Waals surface area contributed by atoms with E-state index in [1.165, 1.54) is 0 Å². The molecular weight excluding hydrogens is 624 g/mol. The van der Waals surface area contributed by atoms with Crippen LogP contribution >= 0.6 is 0 Å². The molecule has 2 amide bonds. The fourth-order valence-corrected chi connectivity index (χ4v) is 6.23. The lowest BCUT2D eigenvalue weighted by atomic mass is 9.91. The first-order valence-electron chi connectivity index (χ1n) is 17.7. The van der Waals surface area contributed by atoms with Crippen LogP contribution in [-0.4, -0.2) is 71.8 Å². The van der Waals surface area contributed by atoms with Gasteiger partial charge >= 0.3 is 5.97 Å². The fraction of sp³-hybridized carbons (Fsp3) is 0.513. The molecule has 0 spiro atoms. The number of carbonyl (C=O) groups is 3. The number of phenolic OH excluding ortho intramolecular Hbond substituents is 1. The number of nitrogens with one attached hydrogen (secondary N) is 2. The number of ether oxygens (including phenoxy) is 3. The van der Waals surface area contributed by atoms with Crippen LogP contribution in [0.4, 0.5) is 0 Å². The Morgan fingerprint density at radius 3 is 2.33 bits per heavy atom. The average molecular weight is 677 g/mol. The van der Waals surface area contributed by atoms with Gasteiger partial charge in [-0.3, -0.25) is 9.59 Å². The van der Waals surface area contributed by atoms with Crippen LogP contribution in [0.5, 0.6) is 5.75 Å². The van der Waals surface area contributed by atoms with Crippen LogP contribution in [0.2, 0.25) is 0 Å². The zero-order chi connectivity index (χ0) is 35.1. The number of carbonyl (C=O) groups excluding carboxylic acids is 3. The van der Waals surface area contributed by atoms with E-state index in [0.29, 0.717) is 17.6 Å². The minimum Gasteiger partial charge on any atom is -0.508 e. The standard InChI is InChI=1S/C39H52N2O8/c1-3-5-9-21-39(22-10-6-4-2)48-34-27-31(37(45)41-23-20-35(44)40-24-25-42)26-33(36(34)49-39)47-38(46)30-18-16-28(17-19-30)12-11-14-29-13-7-8-15-32(29)43/h7-8,11-13,15-19,27,33-34,36,42-43H,3-6,9-10,14,20-26H2,1-2H3,(H,40,44)(H,41,45)/t33-,34-,36+/m1/s1. The number of aliphatic hydroxyl groups excluding tert-OH is 1. The zero-order valence-corrected chi connectivity index (χ0v) is 28.8. The van der Waals surface area contributed by atoms with Gasteiger partial charge in [0.1, 0.15) is 24.1 Å². The van der Waals surface area contributed by atoms with Crippen molar-refractivity contribution in [2.45, 2.75) is 109 Å². The smallest absolute Gasteiger partial charge is 0.338 e. The second-order valence-electron chi connectivity index (χ2n) is 12.8. The van der Waals surface area contributed by atoms with Crippen LogP contribution < -0.4 is 10.6 Å². The number of amides is 2. The van der Waals surface area contributed by atoms with Gasteiger partial charge < -0.3 is 35.1 Å². The second-order valence-corrected chi connectivity index (χ2v) is 12.8. The largest absolute Gasteiger partial charge is 0.508 e. The van der Waals surface area contributed by atoms with Crippen molar-refractivity contribution < 1.29 is 38.8 Å². The number of hydrogen-bond acceptors (Lipinski definition) is 8. The van der Waals surface area contributed by atoms with E-state index in [1.54, 1.807) is 30.3 Å². The van der Waals surface area contributed by atoms with E-state index in [1.807, 2.05) is 36.4 Å². The molecule has 1 heterocycles. The van der Waals surface area contributed by atoms with E-state index in [0.717, 1.165) is 62.5 Å². The lowest BCUT2D eigenvalue weighted by molar-refractivity contribution is -0.190. The maximum Gasteiger partial charge on any atom is 0.338 e. The quantitative estimate of drug-likeness (QED) is 0.109. The van der Waals surface area contributed by atoms with Crippen molar-refractivity contribution >= 4 is 23.9 Å². The van der Waals surface area contributed by atoms with Gasteiger partial charge in [-0.25, -0.2) is 4.79 Å². The van der Waals surface area contributed by atoms with Crippen molar-refractivity contribution in [2.24, 2.45) is 0 Å². The molecule has 2 aliphatic rings. The van der Waals surface area contributed by atoms with Crippen molar-refractivity contribution in [3.8, 4) is 5.75 Å². The number of aliphatic hydroxyl groups is 1. The Kier molecular flexibility index (Phi) is 14.9. The van der Waals surface area contributed by atoms with Gasteiger partial charge in [0.2, 0.25) is 11.8 Å². The number of phenols is 1. The molecule has 2 aromatic rings. The molecule has 10 nitrogen and oxygen atoms in total. The highest BCUT2D eigenvalue weighted by Crippen LogP contribution is 2.43.